The van der Waals surface area contributed by atoms with Gasteiger partial charge in [0.05, 0.1) is 0 Å². The maximum atomic E-state index is 16.2. The number of hydrogen-bond acceptors (Lipinski definition) is 1. The highest BCUT2D eigenvalue weighted by Gasteiger charge is 2.61. The van der Waals surface area contributed by atoms with Crippen molar-refractivity contribution >= 4 is 21.6 Å². The lowest BCUT2D eigenvalue weighted by Crippen LogP contribution is -2.67. The Morgan fingerprint density at radius 2 is 1.43 bits per heavy atom. The number of halogens is 3. The predicted molar refractivity (Wildman–Crippen MR) is 86.1 cm³/mol. The van der Waals surface area contributed by atoms with Crippen molar-refractivity contribution in [3.63, 3.8) is 0 Å². The molecule has 1 atom stereocenters. The molecule has 2 nitrogen and oxygen atoms in total. The number of benzene rings is 1. The molecule has 0 aliphatic carbocycles. The molecule has 1 unspecified atom stereocenters. The van der Waals surface area contributed by atoms with E-state index in [2.05, 4.69) is 0 Å². The Hall–Kier alpha value is -0.583. The molecule has 0 bridgehead atoms. The van der Waals surface area contributed by atoms with Gasteiger partial charge in [0, 0.05) is 10.6 Å². The molecule has 7 heteroatoms. The highest BCUT2D eigenvalue weighted by atomic mass is 31.2. The average Bonchev–Trinajstić information content (AvgIpc) is 2.24. The van der Waals surface area contributed by atoms with Crippen LogP contribution in [0.4, 0.5) is 12.5 Å². The van der Waals surface area contributed by atoms with Gasteiger partial charge >= 0.3 is 16.4 Å². The smallest absolute Gasteiger partial charge is 0.285 e. The first-order valence-electron chi connectivity index (χ1n) is 6.81. The Kier molecular flexibility index (Phi) is 4.89. The van der Waals surface area contributed by atoms with E-state index >= 15 is 4.11 Å². The zero-order valence-corrected chi connectivity index (χ0v) is 15.3. The van der Waals surface area contributed by atoms with E-state index in [1.807, 2.05) is 0 Å². The summed E-state index contributed by atoms with van der Waals surface area (Å²) in [5, 5.41) is 6.64. The van der Waals surface area contributed by atoms with Gasteiger partial charge in [-0.25, -0.2) is 9.50 Å². The van der Waals surface area contributed by atoms with Gasteiger partial charge < -0.3 is 0 Å². The molecule has 0 spiro atoms. The van der Waals surface area contributed by atoms with Crippen LogP contribution >= 0.6 is 7.83 Å². The molecule has 0 radical (unpaired) electrons. The molecule has 0 aliphatic heterocycles. The average molecular weight is 336 g/mol. The molecule has 120 valence electrons. The van der Waals surface area contributed by atoms with Crippen molar-refractivity contribution in [2.75, 3.05) is 0 Å². The second-order valence-electron chi connectivity index (χ2n) is 7.20. The van der Waals surface area contributed by atoms with Crippen molar-refractivity contribution in [3.05, 3.63) is 30.3 Å². The highest BCUT2D eigenvalue weighted by Crippen LogP contribution is 2.63. The van der Waals surface area contributed by atoms with Crippen molar-refractivity contribution in [1.29, 1.82) is 5.16 Å². The molecule has 0 saturated heterocycles. The van der Waals surface area contributed by atoms with Gasteiger partial charge in [-0.1, -0.05) is 51.1 Å². The fourth-order valence-corrected chi connectivity index (χ4v) is 9.23. The third-order valence-electron chi connectivity index (χ3n) is 3.33. The zero-order valence-electron chi connectivity index (χ0n) is 13.4. The second-order valence-corrected chi connectivity index (χ2v) is 12.7. The van der Waals surface area contributed by atoms with E-state index in [4.69, 9.17) is 5.16 Å². The van der Waals surface area contributed by atoms with E-state index < -0.39 is 27.0 Å². The van der Waals surface area contributed by atoms with Gasteiger partial charge in [-0.2, -0.15) is 8.39 Å². The number of nitrogens with zero attached hydrogens (tertiary/aromatic N) is 1. The standard InChI is InChI=1S/C14H24F3N2PSi/c1-13(2,3)19(20(15,16)18)21(17,14(4,5)6)12-10-8-7-9-11-12/h7-11,18H,1-6H3. The minimum atomic E-state index is -5.26. The second kappa shape index (κ2) is 5.56. The lowest BCUT2D eigenvalue weighted by Gasteiger charge is -2.49. The molecule has 0 heterocycles. The fraction of sp³-hybridized carbons (Fsp3) is 0.571. The number of nitrogens with one attached hydrogen (secondary N) is 1. The van der Waals surface area contributed by atoms with Crippen LogP contribution in [-0.2, 0) is 0 Å². The van der Waals surface area contributed by atoms with Crippen LogP contribution in [0, 0.1) is 5.16 Å². The van der Waals surface area contributed by atoms with E-state index in [0.717, 1.165) is 0 Å². The van der Waals surface area contributed by atoms with Gasteiger partial charge in [0.15, 0.2) is 0 Å². The summed E-state index contributed by atoms with van der Waals surface area (Å²) in [7, 11) is -9.54. The van der Waals surface area contributed by atoms with Crippen LogP contribution in [-0.4, -0.2) is 18.4 Å². The molecule has 0 aromatic heterocycles. The van der Waals surface area contributed by atoms with Gasteiger partial charge in [-0.05, 0) is 26.0 Å². The third-order valence-corrected chi connectivity index (χ3v) is 10.4. The summed E-state index contributed by atoms with van der Waals surface area (Å²) in [6.45, 7) is 9.56. The number of hydrogen-bond donors (Lipinski definition) is 1. The molecule has 21 heavy (non-hydrogen) atoms. The van der Waals surface area contributed by atoms with Crippen LogP contribution in [0.25, 0.3) is 0 Å². The maximum Gasteiger partial charge on any atom is 0.367 e. The Balaban J connectivity index is 3.69. The minimum Gasteiger partial charge on any atom is -0.285 e. The summed E-state index contributed by atoms with van der Waals surface area (Å²) < 4.78 is 45.0. The van der Waals surface area contributed by atoms with Gasteiger partial charge in [-0.15, -0.1) is 0 Å². The van der Waals surface area contributed by atoms with Crippen LogP contribution < -0.4 is 5.19 Å². The van der Waals surface area contributed by atoms with Crippen LogP contribution in [0.15, 0.2) is 30.3 Å². The Labute approximate surface area is 126 Å². The molecule has 0 saturated carbocycles. The topological polar surface area (TPSA) is 27.1 Å². The summed E-state index contributed by atoms with van der Waals surface area (Å²) >= 11 is 0. The molecule has 1 N–H and O–H groups in total. The molecule has 1 aromatic carbocycles. The summed E-state index contributed by atoms with van der Waals surface area (Å²) in [5.41, 5.74) is -1.12. The summed E-state index contributed by atoms with van der Waals surface area (Å²) in [5.74, 6) is 0. The van der Waals surface area contributed by atoms with Crippen LogP contribution in [0.2, 0.25) is 5.04 Å². The van der Waals surface area contributed by atoms with E-state index in [1.165, 1.54) is 0 Å². The van der Waals surface area contributed by atoms with Crippen molar-refractivity contribution in [1.82, 2.24) is 4.34 Å². The van der Waals surface area contributed by atoms with Crippen LogP contribution in [0.3, 0.4) is 0 Å². The lowest BCUT2D eigenvalue weighted by molar-refractivity contribution is 0.302. The Bertz CT molecular complexity index is 533. The van der Waals surface area contributed by atoms with Gasteiger partial charge in [0.2, 0.25) is 0 Å². The molecular weight excluding hydrogens is 312 g/mol. The Morgan fingerprint density at radius 1 is 1.00 bits per heavy atom. The Morgan fingerprint density at radius 3 is 1.71 bits per heavy atom. The molecule has 0 aliphatic rings. The summed E-state index contributed by atoms with van der Waals surface area (Å²) in [4.78, 5) is 0. The molecular formula is C14H24F3N2PSi. The maximum absolute atomic E-state index is 16.2. The molecule has 1 aromatic rings. The zero-order chi connectivity index (χ0) is 16.7. The predicted octanol–water partition coefficient (Wildman–Crippen LogP) is 5.67. The lowest BCUT2D eigenvalue weighted by atomic mass is 10.1. The molecule has 0 fully saturated rings. The van der Waals surface area contributed by atoms with Gasteiger partial charge in [0.25, 0.3) is 0 Å². The number of rotatable bonds is 3. The summed E-state index contributed by atoms with van der Waals surface area (Å²) in [6.07, 6.45) is 0. The van der Waals surface area contributed by atoms with E-state index in [0.29, 0.717) is 9.52 Å². The third kappa shape index (κ3) is 3.61. The van der Waals surface area contributed by atoms with Crippen molar-refractivity contribution in [2.45, 2.75) is 52.1 Å². The normalized spacial score (nSPS) is 16.9. The van der Waals surface area contributed by atoms with Crippen molar-refractivity contribution in [3.8, 4) is 0 Å². The summed E-state index contributed by atoms with van der Waals surface area (Å²) in [6, 6.07) is 8.17. The van der Waals surface area contributed by atoms with Gasteiger partial charge in [0.1, 0.15) is 0 Å². The molecule has 0 amide bonds. The van der Waals surface area contributed by atoms with E-state index in [1.54, 1.807) is 71.9 Å². The van der Waals surface area contributed by atoms with E-state index in [-0.39, 0.29) is 0 Å². The largest absolute Gasteiger partial charge is 0.367 e. The van der Waals surface area contributed by atoms with Crippen molar-refractivity contribution in [2.24, 2.45) is 0 Å². The highest BCUT2D eigenvalue weighted by molar-refractivity contribution is 7.54. The van der Waals surface area contributed by atoms with E-state index in [9.17, 15) is 8.39 Å². The SMILES string of the molecule is CC(C)(C)N([Si](F)(c1ccccc1)C(C)(C)C)P(=N)(F)F. The molecule has 1 rings (SSSR count). The minimum absolute atomic E-state index is 0.291. The first-order valence-corrected chi connectivity index (χ1v) is 10.2. The van der Waals surface area contributed by atoms with Gasteiger partial charge in [-0.3, -0.25) is 4.11 Å². The van der Waals surface area contributed by atoms with Crippen LogP contribution in [0.1, 0.15) is 41.5 Å². The monoisotopic (exact) mass is 336 g/mol. The van der Waals surface area contributed by atoms with Crippen molar-refractivity contribution < 1.29 is 12.5 Å². The first-order chi connectivity index (χ1) is 9.22. The first kappa shape index (κ1) is 18.5. The quantitative estimate of drug-likeness (QED) is 0.430. The van der Waals surface area contributed by atoms with Crippen LogP contribution in [0.5, 0.6) is 0 Å². The fourth-order valence-electron chi connectivity index (χ4n) is 2.54.